The first-order valence-corrected chi connectivity index (χ1v) is 12.3. The van der Waals surface area contributed by atoms with Crippen LogP contribution in [0.4, 0.5) is 4.39 Å². The second-order valence-corrected chi connectivity index (χ2v) is 9.52. The molecule has 1 amide bonds. The summed E-state index contributed by atoms with van der Waals surface area (Å²) in [7, 11) is 1.62. The van der Waals surface area contributed by atoms with Gasteiger partial charge in [0.05, 0.1) is 12.5 Å². The Hall–Kier alpha value is -3.91. The monoisotopic (exact) mass is 505 g/mol. The van der Waals surface area contributed by atoms with E-state index in [-0.39, 0.29) is 36.7 Å². The zero-order valence-electron chi connectivity index (χ0n) is 20.4. The van der Waals surface area contributed by atoms with Gasteiger partial charge in [0.2, 0.25) is 0 Å². The second kappa shape index (κ2) is 10.2. The number of carbonyl (C=O) groups is 2. The largest absolute Gasteiger partial charge is 0.486 e. The molecular formula is C29H28FNO6. The van der Waals surface area contributed by atoms with Gasteiger partial charge in [0.15, 0.2) is 0 Å². The van der Waals surface area contributed by atoms with Crippen LogP contribution in [0.2, 0.25) is 0 Å². The molecule has 0 bridgehead atoms. The van der Waals surface area contributed by atoms with Gasteiger partial charge >= 0.3 is 5.97 Å². The van der Waals surface area contributed by atoms with E-state index in [1.165, 1.54) is 11.0 Å². The van der Waals surface area contributed by atoms with Crippen LogP contribution in [0.1, 0.15) is 51.9 Å². The molecule has 2 aliphatic rings. The van der Waals surface area contributed by atoms with E-state index in [2.05, 4.69) is 0 Å². The maximum atomic E-state index is 14.9. The van der Waals surface area contributed by atoms with Crippen molar-refractivity contribution in [3.8, 4) is 17.2 Å². The molecule has 3 unspecified atom stereocenters. The predicted octanol–water partition coefficient (Wildman–Crippen LogP) is 4.94. The highest BCUT2D eigenvalue weighted by Gasteiger charge is 2.44. The molecule has 2 N–H and O–H groups in total. The predicted molar refractivity (Wildman–Crippen MR) is 134 cm³/mol. The molecular weight excluding hydrogens is 477 g/mol. The zero-order valence-corrected chi connectivity index (χ0v) is 20.4. The summed E-state index contributed by atoms with van der Waals surface area (Å²) >= 11 is 0. The number of rotatable bonds is 9. The van der Waals surface area contributed by atoms with Crippen molar-refractivity contribution < 1.29 is 33.7 Å². The Labute approximate surface area is 214 Å². The summed E-state index contributed by atoms with van der Waals surface area (Å²) in [5.74, 6) is 0.0851. The molecule has 0 aliphatic heterocycles. The summed E-state index contributed by atoms with van der Waals surface area (Å²) in [6, 6.07) is 17.1. The van der Waals surface area contributed by atoms with Crippen LogP contribution in [0, 0.1) is 11.7 Å². The number of aliphatic hydroxyl groups is 1. The van der Waals surface area contributed by atoms with Gasteiger partial charge in [-0.25, -0.2) is 4.39 Å². The smallest absolute Gasteiger partial charge is 0.307 e. The van der Waals surface area contributed by atoms with Crippen LogP contribution in [-0.2, 0) is 11.2 Å². The lowest BCUT2D eigenvalue weighted by Crippen LogP contribution is -2.29. The molecule has 0 heterocycles. The number of fused-ring (bicyclic) bond motifs is 1. The Bertz CT molecular complexity index is 1310. The number of halogens is 1. The van der Waals surface area contributed by atoms with Crippen LogP contribution in [0.5, 0.6) is 17.2 Å². The van der Waals surface area contributed by atoms with E-state index < -0.39 is 12.1 Å². The number of carboxylic acids is 1. The average Bonchev–Trinajstić information content (AvgIpc) is 3.60. The van der Waals surface area contributed by atoms with E-state index in [0.29, 0.717) is 47.6 Å². The number of likely N-dealkylation sites (N-methyl/N-ethyl adjacent to an activating group) is 1. The fourth-order valence-corrected chi connectivity index (χ4v) is 4.91. The number of carbonyl (C=O) groups excluding carboxylic acids is 1. The van der Waals surface area contributed by atoms with Crippen molar-refractivity contribution >= 4 is 11.9 Å². The number of carboxylic acid groups (broad SMARTS) is 1. The number of ether oxygens (including phenoxy) is 2. The van der Waals surface area contributed by atoms with Gasteiger partial charge in [0.1, 0.15) is 29.2 Å². The van der Waals surface area contributed by atoms with Gasteiger partial charge in [-0.3, -0.25) is 9.59 Å². The first-order valence-electron chi connectivity index (χ1n) is 12.3. The third kappa shape index (κ3) is 5.15. The number of hydrogen-bond donors (Lipinski definition) is 2. The Morgan fingerprint density at radius 2 is 1.73 bits per heavy atom. The van der Waals surface area contributed by atoms with Gasteiger partial charge < -0.3 is 24.6 Å². The van der Waals surface area contributed by atoms with Crippen molar-refractivity contribution in [2.75, 3.05) is 20.2 Å². The van der Waals surface area contributed by atoms with Crippen molar-refractivity contribution in [1.82, 2.24) is 4.90 Å². The number of hydrogen-bond acceptors (Lipinski definition) is 5. The highest BCUT2D eigenvalue weighted by Crippen LogP contribution is 2.48. The fourth-order valence-electron chi connectivity index (χ4n) is 4.91. The molecule has 0 radical (unpaired) electrons. The van der Waals surface area contributed by atoms with E-state index in [9.17, 15) is 14.0 Å². The maximum Gasteiger partial charge on any atom is 0.307 e. The normalized spacial score (nSPS) is 19.7. The third-order valence-corrected chi connectivity index (χ3v) is 7.04. The highest BCUT2D eigenvalue weighted by molar-refractivity contribution is 5.94. The van der Waals surface area contributed by atoms with Crippen LogP contribution in [-0.4, -0.2) is 47.2 Å². The lowest BCUT2D eigenvalue weighted by Gasteiger charge is -2.17. The minimum absolute atomic E-state index is 0.0459. The minimum atomic E-state index is -0.767. The molecule has 0 saturated heterocycles. The van der Waals surface area contributed by atoms with Crippen molar-refractivity contribution in [2.45, 2.75) is 31.3 Å². The van der Waals surface area contributed by atoms with Crippen LogP contribution in [0.15, 0.2) is 60.7 Å². The molecule has 3 aromatic carbocycles. The fraction of sp³-hybridized carbons (Fsp3) is 0.310. The number of benzene rings is 3. The number of aliphatic carboxylic acids is 1. The molecule has 37 heavy (non-hydrogen) atoms. The van der Waals surface area contributed by atoms with Gasteiger partial charge in [0, 0.05) is 30.3 Å². The zero-order chi connectivity index (χ0) is 26.1. The number of nitrogens with zero attached hydrogens (tertiary/aromatic N) is 1. The minimum Gasteiger partial charge on any atom is -0.486 e. The summed E-state index contributed by atoms with van der Waals surface area (Å²) in [6.45, 7) is 0.140. The Morgan fingerprint density at radius 3 is 2.38 bits per heavy atom. The number of amides is 1. The van der Waals surface area contributed by atoms with Crippen LogP contribution in [0.3, 0.4) is 0 Å². The van der Waals surface area contributed by atoms with Gasteiger partial charge in [-0.15, -0.1) is 0 Å². The number of aliphatic hydroxyl groups excluding tert-OH is 1. The quantitative estimate of drug-likeness (QED) is 0.428. The van der Waals surface area contributed by atoms with Gasteiger partial charge in [0.25, 0.3) is 5.91 Å². The molecule has 8 heteroatoms. The average molecular weight is 506 g/mol. The lowest BCUT2D eigenvalue weighted by atomic mass is 10.1. The standard InChI is InChI=1S/C29H28FNO6/c1-31(14-15-32)28(33)18-4-8-19(9-5-18)36-25-13-11-24(30)27-21(25)10-12-26(27)37-20-6-2-17(3-7-20)22-16-23(22)29(34)35/h2-9,11,13,22-23,26,32H,10,12,14-16H2,1H3,(H,34,35). The SMILES string of the molecule is CN(CCO)C(=O)c1ccc(Oc2ccc(F)c3c2CCC3Oc2ccc(C3CC3C(=O)O)cc2)cc1. The van der Waals surface area contributed by atoms with Crippen LogP contribution < -0.4 is 9.47 Å². The van der Waals surface area contributed by atoms with Gasteiger partial charge in [-0.2, -0.15) is 0 Å². The molecule has 0 spiro atoms. The molecule has 192 valence electrons. The molecule has 2 aliphatic carbocycles. The lowest BCUT2D eigenvalue weighted by molar-refractivity contribution is -0.138. The summed E-state index contributed by atoms with van der Waals surface area (Å²) in [5.41, 5.74) is 2.69. The van der Waals surface area contributed by atoms with Gasteiger partial charge in [-0.1, -0.05) is 12.1 Å². The molecule has 3 atom stereocenters. The third-order valence-electron chi connectivity index (χ3n) is 7.04. The Kier molecular flexibility index (Phi) is 6.84. The first-order chi connectivity index (χ1) is 17.9. The van der Waals surface area contributed by atoms with Crippen molar-refractivity contribution in [3.05, 3.63) is 88.7 Å². The summed E-state index contributed by atoms with van der Waals surface area (Å²) in [4.78, 5) is 24.9. The summed E-state index contributed by atoms with van der Waals surface area (Å²) in [6.07, 6.45) is 1.39. The maximum absolute atomic E-state index is 14.9. The van der Waals surface area contributed by atoms with E-state index in [1.807, 2.05) is 24.3 Å². The molecule has 3 aromatic rings. The van der Waals surface area contributed by atoms with Crippen molar-refractivity contribution in [2.24, 2.45) is 5.92 Å². The van der Waals surface area contributed by atoms with Crippen LogP contribution in [0.25, 0.3) is 0 Å². The molecule has 5 rings (SSSR count). The first kappa shape index (κ1) is 24.8. The Morgan fingerprint density at radius 1 is 1.03 bits per heavy atom. The van der Waals surface area contributed by atoms with E-state index >= 15 is 0 Å². The van der Waals surface area contributed by atoms with Crippen molar-refractivity contribution in [3.63, 3.8) is 0 Å². The topological polar surface area (TPSA) is 96.3 Å². The molecule has 0 aromatic heterocycles. The second-order valence-electron chi connectivity index (χ2n) is 9.52. The Balaban J connectivity index is 1.28. The van der Waals surface area contributed by atoms with Gasteiger partial charge in [-0.05, 0) is 79.3 Å². The van der Waals surface area contributed by atoms with E-state index in [0.717, 1.165) is 11.1 Å². The summed E-state index contributed by atoms with van der Waals surface area (Å²) < 4.78 is 27.1. The molecule has 7 nitrogen and oxygen atoms in total. The summed E-state index contributed by atoms with van der Waals surface area (Å²) in [5, 5.41) is 18.2. The molecule has 1 fully saturated rings. The molecule has 1 saturated carbocycles. The van der Waals surface area contributed by atoms with Crippen molar-refractivity contribution in [1.29, 1.82) is 0 Å². The van der Waals surface area contributed by atoms with E-state index in [1.54, 1.807) is 37.4 Å². The van der Waals surface area contributed by atoms with E-state index in [4.69, 9.17) is 19.7 Å². The highest BCUT2D eigenvalue weighted by atomic mass is 19.1. The van der Waals surface area contributed by atoms with Crippen LogP contribution >= 0.6 is 0 Å².